The van der Waals surface area contributed by atoms with Crippen LogP contribution < -0.4 is 4.90 Å². The molecule has 1 fully saturated rings. The molecule has 1 aromatic carbocycles. The molecule has 5 heteroatoms. The van der Waals surface area contributed by atoms with E-state index >= 15 is 0 Å². The Morgan fingerprint density at radius 3 is 2.62 bits per heavy atom. The number of halogens is 2. The van der Waals surface area contributed by atoms with Crippen molar-refractivity contribution in [3.8, 4) is 0 Å². The highest BCUT2D eigenvalue weighted by molar-refractivity contribution is 9.10. The first kappa shape index (κ1) is 11.3. The summed E-state index contributed by atoms with van der Waals surface area (Å²) in [6.07, 6.45) is 0.211. The molecule has 2 rings (SSSR count). The normalized spacial score (nSPS) is 20.7. The summed E-state index contributed by atoms with van der Waals surface area (Å²) in [7, 11) is 0. The summed E-state index contributed by atoms with van der Waals surface area (Å²) in [6, 6.07) is 3.88. The second kappa shape index (κ2) is 3.97. The van der Waals surface area contributed by atoms with Crippen LogP contribution in [0.1, 0.15) is 13.3 Å². The number of hydrogen-bond donors (Lipinski definition) is 0. The number of anilines is 1. The number of benzene rings is 1. The predicted molar refractivity (Wildman–Crippen MR) is 60.4 cm³/mol. The molecule has 1 saturated heterocycles. The van der Waals surface area contributed by atoms with Crippen molar-refractivity contribution in [3.63, 3.8) is 0 Å². The maximum atomic E-state index is 12.9. The van der Waals surface area contributed by atoms with E-state index in [1.165, 1.54) is 18.2 Å². The molecule has 0 spiro atoms. The monoisotopic (exact) mass is 285 g/mol. The molecule has 1 aromatic rings. The first-order valence-corrected chi connectivity index (χ1v) is 5.62. The summed E-state index contributed by atoms with van der Waals surface area (Å²) in [4.78, 5) is 24.5. The Kier molecular flexibility index (Phi) is 2.80. The topological polar surface area (TPSA) is 37.4 Å². The van der Waals surface area contributed by atoms with Gasteiger partial charge < -0.3 is 0 Å². The van der Waals surface area contributed by atoms with Crippen molar-refractivity contribution in [1.29, 1.82) is 0 Å². The van der Waals surface area contributed by atoms with E-state index in [-0.39, 0.29) is 24.2 Å². The molecule has 1 aliphatic heterocycles. The number of carbonyl (C=O) groups is 2. The van der Waals surface area contributed by atoms with Crippen LogP contribution in [0.5, 0.6) is 0 Å². The summed E-state index contributed by atoms with van der Waals surface area (Å²) in [5, 5.41) is 0. The second-order valence-electron chi connectivity index (χ2n) is 3.77. The van der Waals surface area contributed by atoms with E-state index in [4.69, 9.17) is 0 Å². The largest absolute Gasteiger partial charge is 0.274 e. The first-order chi connectivity index (χ1) is 7.50. The van der Waals surface area contributed by atoms with Crippen LogP contribution in [0.25, 0.3) is 0 Å². The maximum Gasteiger partial charge on any atom is 0.237 e. The van der Waals surface area contributed by atoms with Crippen LogP contribution in [0.15, 0.2) is 22.7 Å². The molecule has 84 valence electrons. The van der Waals surface area contributed by atoms with Gasteiger partial charge in [-0.05, 0) is 34.1 Å². The lowest BCUT2D eigenvalue weighted by molar-refractivity contribution is -0.122. The number of rotatable bonds is 1. The minimum absolute atomic E-state index is 0.211. The summed E-state index contributed by atoms with van der Waals surface area (Å²) >= 11 is 3.15. The highest BCUT2D eigenvalue weighted by Crippen LogP contribution is 2.32. The third kappa shape index (κ3) is 1.75. The van der Waals surface area contributed by atoms with Gasteiger partial charge in [0, 0.05) is 16.8 Å². The highest BCUT2D eigenvalue weighted by atomic mass is 79.9. The van der Waals surface area contributed by atoms with Crippen molar-refractivity contribution in [1.82, 2.24) is 0 Å². The van der Waals surface area contributed by atoms with Gasteiger partial charge in [-0.15, -0.1) is 0 Å². The Labute approximate surface area is 100 Å². The predicted octanol–water partition coefficient (Wildman–Crippen LogP) is 2.49. The smallest absolute Gasteiger partial charge is 0.237 e. The first-order valence-electron chi connectivity index (χ1n) is 4.82. The van der Waals surface area contributed by atoms with Gasteiger partial charge in [0.25, 0.3) is 0 Å². The van der Waals surface area contributed by atoms with Gasteiger partial charge in [0.15, 0.2) is 0 Å². The molecule has 0 aromatic heterocycles. The van der Waals surface area contributed by atoms with Crippen molar-refractivity contribution in [2.24, 2.45) is 5.92 Å². The van der Waals surface area contributed by atoms with Crippen molar-refractivity contribution in [3.05, 3.63) is 28.5 Å². The van der Waals surface area contributed by atoms with Gasteiger partial charge >= 0.3 is 0 Å². The van der Waals surface area contributed by atoms with Crippen LogP contribution in [0.4, 0.5) is 10.1 Å². The molecule has 0 aliphatic carbocycles. The third-order valence-electron chi connectivity index (χ3n) is 2.52. The quantitative estimate of drug-likeness (QED) is 0.744. The maximum absolute atomic E-state index is 12.9. The summed E-state index contributed by atoms with van der Waals surface area (Å²) in [6.45, 7) is 1.71. The molecule has 3 nitrogen and oxygen atoms in total. The van der Waals surface area contributed by atoms with Crippen LogP contribution in [0.2, 0.25) is 0 Å². The number of hydrogen-bond acceptors (Lipinski definition) is 2. The molecule has 1 atom stereocenters. The van der Waals surface area contributed by atoms with E-state index in [9.17, 15) is 14.0 Å². The van der Waals surface area contributed by atoms with E-state index in [2.05, 4.69) is 15.9 Å². The van der Waals surface area contributed by atoms with Gasteiger partial charge in [0.2, 0.25) is 11.8 Å². The molecule has 2 amide bonds. The van der Waals surface area contributed by atoms with E-state index in [0.717, 1.165) is 4.90 Å². The van der Waals surface area contributed by atoms with Crippen molar-refractivity contribution >= 4 is 33.4 Å². The van der Waals surface area contributed by atoms with Crippen molar-refractivity contribution in [2.75, 3.05) is 4.90 Å². The zero-order chi connectivity index (χ0) is 11.9. The Morgan fingerprint density at radius 1 is 1.44 bits per heavy atom. The molecule has 16 heavy (non-hydrogen) atoms. The fraction of sp³-hybridized carbons (Fsp3) is 0.273. The van der Waals surface area contributed by atoms with Gasteiger partial charge in [-0.1, -0.05) is 6.92 Å². The minimum atomic E-state index is -0.414. The molecule has 1 heterocycles. The Balaban J connectivity index is 2.45. The summed E-state index contributed by atoms with van der Waals surface area (Å²) < 4.78 is 13.3. The van der Waals surface area contributed by atoms with Gasteiger partial charge in [0.05, 0.1) is 5.69 Å². The van der Waals surface area contributed by atoms with E-state index in [1.54, 1.807) is 6.92 Å². The van der Waals surface area contributed by atoms with Crippen LogP contribution in [0.3, 0.4) is 0 Å². The molecular formula is C11H9BrFNO2. The summed E-state index contributed by atoms with van der Waals surface area (Å²) in [5.74, 6) is -1.20. The third-order valence-corrected chi connectivity index (χ3v) is 3.16. The Hall–Kier alpha value is -1.23. The van der Waals surface area contributed by atoms with Crippen LogP contribution >= 0.6 is 15.9 Å². The fourth-order valence-electron chi connectivity index (χ4n) is 1.70. The zero-order valence-corrected chi connectivity index (χ0v) is 10.1. The minimum Gasteiger partial charge on any atom is -0.274 e. The zero-order valence-electron chi connectivity index (χ0n) is 8.54. The summed E-state index contributed by atoms with van der Waals surface area (Å²) in [5.41, 5.74) is 0.403. The van der Waals surface area contributed by atoms with Crippen LogP contribution in [-0.2, 0) is 9.59 Å². The van der Waals surface area contributed by atoms with Gasteiger partial charge in [-0.25, -0.2) is 9.29 Å². The number of carbonyl (C=O) groups excluding carboxylic acids is 2. The van der Waals surface area contributed by atoms with Crippen molar-refractivity contribution in [2.45, 2.75) is 13.3 Å². The van der Waals surface area contributed by atoms with Gasteiger partial charge in [-0.3, -0.25) is 9.59 Å². The fourth-order valence-corrected chi connectivity index (χ4v) is 2.23. The molecule has 0 radical (unpaired) electrons. The van der Waals surface area contributed by atoms with Crippen molar-refractivity contribution < 1.29 is 14.0 Å². The van der Waals surface area contributed by atoms with Gasteiger partial charge in [0.1, 0.15) is 5.82 Å². The van der Waals surface area contributed by atoms with Gasteiger partial charge in [-0.2, -0.15) is 0 Å². The average Bonchev–Trinajstić information content (AvgIpc) is 2.43. The highest BCUT2D eigenvalue weighted by Gasteiger charge is 2.37. The SMILES string of the molecule is CC1CC(=O)N(c2ccc(F)cc2Br)C1=O. The lowest BCUT2D eigenvalue weighted by atomic mass is 10.1. The lowest BCUT2D eigenvalue weighted by Crippen LogP contribution is -2.30. The molecule has 1 aliphatic rings. The number of imide groups is 1. The Morgan fingerprint density at radius 2 is 2.12 bits per heavy atom. The molecule has 1 unspecified atom stereocenters. The number of nitrogens with zero attached hydrogens (tertiary/aromatic N) is 1. The van der Waals surface area contributed by atoms with E-state index < -0.39 is 5.82 Å². The number of amides is 2. The van der Waals surface area contributed by atoms with E-state index in [1.807, 2.05) is 0 Å². The standard InChI is InChI=1S/C11H9BrFNO2/c1-6-4-10(15)14(11(6)16)9-3-2-7(13)5-8(9)12/h2-3,5-6H,4H2,1H3. The second-order valence-corrected chi connectivity index (χ2v) is 4.62. The molecule has 0 N–H and O–H groups in total. The molecule has 0 saturated carbocycles. The van der Waals surface area contributed by atoms with Crippen LogP contribution in [0, 0.1) is 11.7 Å². The average molecular weight is 286 g/mol. The lowest BCUT2D eigenvalue weighted by Gasteiger charge is -2.15. The molecule has 0 bridgehead atoms. The Bertz CT molecular complexity index is 475. The van der Waals surface area contributed by atoms with Crippen LogP contribution in [-0.4, -0.2) is 11.8 Å². The van der Waals surface area contributed by atoms with E-state index in [0.29, 0.717) is 10.2 Å². The molecular weight excluding hydrogens is 277 g/mol.